The van der Waals surface area contributed by atoms with Gasteiger partial charge in [-0.3, -0.25) is 10.1 Å². The molecule has 0 aliphatic carbocycles. The van der Waals surface area contributed by atoms with Gasteiger partial charge in [0.25, 0.3) is 5.69 Å². The predicted molar refractivity (Wildman–Crippen MR) is 153 cm³/mol. The van der Waals surface area contributed by atoms with Crippen LogP contribution in [0.25, 0.3) is 0 Å². The molecule has 8 nitrogen and oxygen atoms in total. The molecular formula is C31H38N2O6. The van der Waals surface area contributed by atoms with Gasteiger partial charge in [0.2, 0.25) is 0 Å². The van der Waals surface area contributed by atoms with Crippen molar-refractivity contribution in [3.8, 4) is 17.2 Å². The van der Waals surface area contributed by atoms with Crippen LogP contribution in [0.4, 0.5) is 10.5 Å². The van der Waals surface area contributed by atoms with Gasteiger partial charge in [-0.05, 0) is 114 Å². The quantitative estimate of drug-likeness (QED) is 0.0681. The second-order valence-electron chi connectivity index (χ2n) is 9.91. The Morgan fingerprint density at radius 3 is 2.41 bits per heavy atom. The van der Waals surface area contributed by atoms with Gasteiger partial charge in [-0.25, -0.2) is 4.79 Å². The van der Waals surface area contributed by atoms with E-state index in [-0.39, 0.29) is 17.5 Å². The minimum atomic E-state index is -0.906. The van der Waals surface area contributed by atoms with E-state index >= 15 is 0 Å². The van der Waals surface area contributed by atoms with E-state index in [1.165, 1.54) is 35.4 Å². The number of carbonyl (C=O) groups is 1. The van der Waals surface area contributed by atoms with Crippen LogP contribution in [0.5, 0.6) is 17.2 Å². The van der Waals surface area contributed by atoms with Gasteiger partial charge in [0, 0.05) is 19.2 Å². The Bertz CT molecular complexity index is 1230. The normalized spacial score (nSPS) is 15.5. The van der Waals surface area contributed by atoms with Gasteiger partial charge >= 0.3 is 6.16 Å². The van der Waals surface area contributed by atoms with Crippen molar-refractivity contribution < 1.29 is 23.9 Å². The molecule has 1 aliphatic heterocycles. The molecule has 1 unspecified atom stereocenters. The highest BCUT2D eigenvalue weighted by molar-refractivity contribution is 5.68. The fourth-order valence-electron chi connectivity index (χ4n) is 4.51. The number of ether oxygens (including phenoxy) is 3. The highest BCUT2D eigenvalue weighted by atomic mass is 16.7. The van der Waals surface area contributed by atoms with E-state index in [4.69, 9.17) is 14.2 Å². The third-order valence-corrected chi connectivity index (χ3v) is 6.66. The number of hydrogen-bond acceptors (Lipinski definition) is 7. The molecule has 0 aromatic heterocycles. The van der Waals surface area contributed by atoms with E-state index < -0.39 is 11.1 Å². The van der Waals surface area contributed by atoms with Crippen LogP contribution in [0.15, 0.2) is 64.7 Å². The van der Waals surface area contributed by atoms with Gasteiger partial charge in [-0.15, -0.1) is 0 Å². The molecule has 0 saturated carbocycles. The Morgan fingerprint density at radius 2 is 1.72 bits per heavy atom. The van der Waals surface area contributed by atoms with Gasteiger partial charge in [0.15, 0.2) is 0 Å². The summed E-state index contributed by atoms with van der Waals surface area (Å²) in [6, 6.07) is 8.80. The lowest BCUT2D eigenvalue weighted by Gasteiger charge is -2.27. The molecule has 0 amide bonds. The maximum absolute atomic E-state index is 12.2. The Kier molecular flexibility index (Phi) is 11.3. The lowest BCUT2D eigenvalue weighted by molar-refractivity contribution is -0.384. The lowest BCUT2D eigenvalue weighted by Crippen LogP contribution is -2.23. The Hall–Kier alpha value is -3.94. The monoisotopic (exact) mass is 534 g/mol. The van der Waals surface area contributed by atoms with Crippen molar-refractivity contribution in [1.29, 1.82) is 0 Å². The molecule has 2 aromatic carbocycles. The fourth-order valence-corrected chi connectivity index (χ4v) is 4.51. The second-order valence-corrected chi connectivity index (χ2v) is 9.91. The number of fused-ring (bicyclic) bond motifs is 1. The molecule has 3 rings (SSSR count). The molecule has 8 heteroatoms. The summed E-state index contributed by atoms with van der Waals surface area (Å²) in [5, 5.41) is 10.8. The van der Waals surface area contributed by atoms with Crippen molar-refractivity contribution in [2.24, 2.45) is 4.99 Å². The molecule has 0 bridgehead atoms. The van der Waals surface area contributed by atoms with Gasteiger partial charge in [-0.2, -0.15) is 0 Å². The highest BCUT2D eigenvalue weighted by Crippen LogP contribution is 2.36. The average molecular weight is 535 g/mol. The molecule has 0 radical (unpaired) electrons. The van der Waals surface area contributed by atoms with Crippen molar-refractivity contribution in [1.82, 2.24) is 0 Å². The summed E-state index contributed by atoms with van der Waals surface area (Å²) < 4.78 is 16.8. The number of non-ortho nitro benzene ring substituents is 1. The zero-order valence-corrected chi connectivity index (χ0v) is 23.3. The summed E-state index contributed by atoms with van der Waals surface area (Å²) in [5.41, 5.74) is 4.64. The molecule has 39 heavy (non-hydrogen) atoms. The van der Waals surface area contributed by atoms with Crippen molar-refractivity contribution in [2.45, 2.75) is 78.2 Å². The molecule has 0 saturated heterocycles. The fraction of sp³-hybridized carbons (Fsp3) is 0.419. The van der Waals surface area contributed by atoms with E-state index in [1.54, 1.807) is 6.07 Å². The third kappa shape index (κ3) is 9.71. The molecule has 0 spiro atoms. The summed E-state index contributed by atoms with van der Waals surface area (Å²) in [6.07, 6.45) is 13.8. The summed E-state index contributed by atoms with van der Waals surface area (Å²) >= 11 is 0. The van der Waals surface area contributed by atoms with Gasteiger partial charge in [-0.1, -0.05) is 23.3 Å². The molecule has 2 aromatic rings. The summed E-state index contributed by atoms with van der Waals surface area (Å²) in [7, 11) is 1.81. The van der Waals surface area contributed by atoms with Gasteiger partial charge in [0.1, 0.15) is 17.2 Å². The standard InChI is InChI=1S/C31H38N2O6/c1-22(8-5-9-23(2)11-7-19-32-4)10-6-12-27-16-13-25-21-29(20-24(3)30(25)37-27)39-31(34)38-28-17-14-26(15-18-28)33(35)36/h9-10,14-15,17-21,27H,5-8,11-13,16H2,1-4H3/b22-10+,23-9+,32-19?. The van der Waals surface area contributed by atoms with E-state index in [2.05, 4.69) is 31.0 Å². The zero-order valence-electron chi connectivity index (χ0n) is 23.3. The number of aryl methyl sites for hydroxylation is 2. The maximum atomic E-state index is 12.2. The molecule has 1 aliphatic rings. The summed E-state index contributed by atoms with van der Waals surface area (Å²) in [5.74, 6) is 1.40. The molecule has 0 N–H and O–H groups in total. The van der Waals surface area contributed by atoms with Gasteiger partial charge in [0.05, 0.1) is 11.0 Å². The number of hydrogen-bond donors (Lipinski definition) is 0. The molecule has 208 valence electrons. The number of carbonyl (C=O) groups excluding carboxylic acids is 1. The SMILES string of the molecule is CN=CCC/C(C)=C/CC/C(C)=C/CCC1CCc2cc(OC(=O)Oc3ccc([N+](=O)[O-])cc3)cc(C)c2O1. The number of rotatable bonds is 12. The van der Waals surface area contributed by atoms with Crippen LogP contribution >= 0.6 is 0 Å². The lowest BCUT2D eigenvalue weighted by atomic mass is 9.96. The first-order valence-corrected chi connectivity index (χ1v) is 13.4. The Labute approximate surface area is 230 Å². The summed E-state index contributed by atoms with van der Waals surface area (Å²) in [6.45, 7) is 6.32. The number of benzene rings is 2. The zero-order chi connectivity index (χ0) is 28.2. The summed E-state index contributed by atoms with van der Waals surface area (Å²) in [4.78, 5) is 26.5. The second kappa shape index (κ2) is 14.9. The molecule has 0 fully saturated rings. The minimum absolute atomic E-state index is 0.0852. The first-order valence-electron chi connectivity index (χ1n) is 13.4. The van der Waals surface area contributed by atoms with Crippen molar-refractivity contribution in [2.75, 3.05) is 7.05 Å². The van der Waals surface area contributed by atoms with E-state index in [9.17, 15) is 14.9 Å². The van der Waals surface area contributed by atoms with Crippen molar-refractivity contribution in [3.05, 3.63) is 80.9 Å². The van der Waals surface area contributed by atoms with E-state index in [0.29, 0.717) is 5.75 Å². The number of nitro benzene ring substituents is 1. The van der Waals surface area contributed by atoms with E-state index in [0.717, 1.165) is 68.2 Å². The van der Waals surface area contributed by atoms with Crippen molar-refractivity contribution in [3.63, 3.8) is 0 Å². The molecular weight excluding hydrogens is 496 g/mol. The van der Waals surface area contributed by atoms with E-state index in [1.807, 2.05) is 26.3 Å². The smallest absolute Gasteiger partial charge is 0.490 e. The largest absolute Gasteiger partial charge is 0.519 e. The maximum Gasteiger partial charge on any atom is 0.519 e. The molecule has 1 atom stereocenters. The van der Waals surface area contributed by atoms with Crippen LogP contribution in [-0.4, -0.2) is 30.4 Å². The number of nitro groups is 1. The van der Waals surface area contributed by atoms with Crippen LogP contribution in [0.2, 0.25) is 0 Å². The van der Waals surface area contributed by atoms with Crippen LogP contribution in [0.3, 0.4) is 0 Å². The van der Waals surface area contributed by atoms with Crippen molar-refractivity contribution >= 4 is 18.1 Å². The minimum Gasteiger partial charge on any atom is -0.490 e. The van der Waals surface area contributed by atoms with Crippen LogP contribution < -0.4 is 14.2 Å². The Balaban J connectivity index is 1.46. The topological polar surface area (TPSA) is 100 Å². The highest BCUT2D eigenvalue weighted by Gasteiger charge is 2.23. The third-order valence-electron chi connectivity index (χ3n) is 6.66. The van der Waals surface area contributed by atoms with Crippen LogP contribution in [0.1, 0.15) is 69.9 Å². The van der Waals surface area contributed by atoms with Crippen LogP contribution in [0, 0.1) is 17.0 Å². The van der Waals surface area contributed by atoms with Crippen LogP contribution in [-0.2, 0) is 6.42 Å². The average Bonchev–Trinajstić information content (AvgIpc) is 2.89. The predicted octanol–water partition coefficient (Wildman–Crippen LogP) is 8.11. The number of aliphatic imine (C=N–C) groups is 1. The number of allylic oxidation sites excluding steroid dienone is 4. The Morgan fingerprint density at radius 1 is 1.05 bits per heavy atom. The number of nitrogens with zero attached hydrogens (tertiary/aromatic N) is 2. The van der Waals surface area contributed by atoms with Gasteiger partial charge < -0.3 is 19.2 Å². The molecule has 1 heterocycles. The first kappa shape index (κ1) is 29.6. The first-order chi connectivity index (χ1) is 18.7.